The second-order valence-corrected chi connectivity index (χ2v) is 11.5. The van der Waals surface area contributed by atoms with Gasteiger partial charge in [-0.1, -0.05) is 169 Å². The van der Waals surface area contributed by atoms with Gasteiger partial charge in [0.05, 0.1) is 0 Å². The summed E-state index contributed by atoms with van der Waals surface area (Å²) in [6.07, 6.45) is 4.80. The second-order valence-electron chi connectivity index (χ2n) is 11.5. The highest BCUT2D eigenvalue weighted by molar-refractivity contribution is 6.16. The van der Waals surface area contributed by atoms with E-state index in [2.05, 4.69) is 184 Å². The Balaban J connectivity index is 1.54. The van der Waals surface area contributed by atoms with E-state index in [-0.39, 0.29) is 0 Å². The number of benzene rings is 7. The van der Waals surface area contributed by atoms with Crippen LogP contribution < -0.4 is 0 Å². The van der Waals surface area contributed by atoms with Gasteiger partial charge in [0.25, 0.3) is 0 Å². The van der Waals surface area contributed by atoms with Crippen molar-refractivity contribution < 1.29 is 0 Å². The molecule has 0 unspecified atom stereocenters. The molecule has 210 valence electrons. The van der Waals surface area contributed by atoms with Gasteiger partial charge in [-0.3, -0.25) is 0 Å². The average Bonchev–Trinajstić information content (AvgIpc) is 3.08. The molecule has 0 aliphatic heterocycles. The Bertz CT molecular complexity index is 1910. The van der Waals surface area contributed by atoms with Crippen molar-refractivity contribution in [3.05, 3.63) is 202 Å². The summed E-state index contributed by atoms with van der Waals surface area (Å²) in [4.78, 5) is 0. The van der Waals surface area contributed by atoms with E-state index < -0.39 is 0 Å². The lowest BCUT2D eigenvalue weighted by Crippen LogP contribution is -1.94. The lowest BCUT2D eigenvalue weighted by atomic mass is 9.86. The molecule has 0 heteroatoms. The molecule has 0 nitrogen and oxygen atoms in total. The molecule has 0 fully saturated rings. The molecular weight excluding hydrogens is 528 g/mol. The molecule has 0 saturated heterocycles. The van der Waals surface area contributed by atoms with E-state index in [4.69, 9.17) is 0 Å². The smallest absolute Gasteiger partial charge is 0.00926 e. The van der Waals surface area contributed by atoms with Gasteiger partial charge in [0.15, 0.2) is 0 Å². The molecule has 0 heterocycles. The second kappa shape index (κ2) is 12.0. The van der Waals surface area contributed by atoms with Crippen LogP contribution in [-0.4, -0.2) is 0 Å². The third-order valence-corrected chi connectivity index (χ3v) is 8.49. The number of aryl methyl sites for hydroxylation is 2. The third kappa shape index (κ3) is 5.39. The summed E-state index contributed by atoms with van der Waals surface area (Å²) in [5.41, 5.74) is 12.3. The fourth-order valence-electron chi connectivity index (χ4n) is 6.16. The van der Waals surface area contributed by atoms with Crippen LogP contribution in [0.25, 0.3) is 44.8 Å². The van der Waals surface area contributed by atoms with E-state index in [1.165, 1.54) is 77.2 Å². The van der Waals surface area contributed by atoms with E-state index in [1.54, 1.807) is 0 Å². The topological polar surface area (TPSA) is 0 Å². The molecule has 7 aromatic carbocycles. The summed E-state index contributed by atoms with van der Waals surface area (Å²) in [7, 11) is 0. The van der Waals surface area contributed by atoms with E-state index in [1.807, 2.05) is 0 Å². The van der Waals surface area contributed by atoms with Gasteiger partial charge in [-0.05, 0) is 92.1 Å². The summed E-state index contributed by atoms with van der Waals surface area (Å²) in [5, 5.41) is 4.98. The first-order valence-corrected chi connectivity index (χ1v) is 15.3. The standard InChI is InChI=1S/C44H34/c1-31-21-25-35(26-22-31)41(33-13-5-3-6-14-33)29-43-37-17-9-11-19-39(37)44(40-20-12-10-18-38(40)43)30-42(34-15-7-4-8-16-34)36-27-23-32(2)24-28-36/h3-30H,1-2H3. The molecule has 0 saturated carbocycles. The van der Waals surface area contributed by atoms with E-state index >= 15 is 0 Å². The summed E-state index contributed by atoms with van der Waals surface area (Å²) in [5.74, 6) is 0. The van der Waals surface area contributed by atoms with Crippen molar-refractivity contribution in [3.63, 3.8) is 0 Å². The van der Waals surface area contributed by atoms with Crippen LogP contribution >= 0.6 is 0 Å². The van der Waals surface area contributed by atoms with E-state index in [0.717, 1.165) is 0 Å². The van der Waals surface area contributed by atoms with Gasteiger partial charge in [0.2, 0.25) is 0 Å². The zero-order valence-corrected chi connectivity index (χ0v) is 25.2. The SMILES string of the molecule is Cc1ccc(C(=Cc2c3ccccc3c(C=C(c3ccccc3)c3ccc(C)cc3)c3ccccc23)c2ccccc2)cc1. The van der Waals surface area contributed by atoms with Crippen LogP contribution in [0.2, 0.25) is 0 Å². The Morgan fingerprint density at radius 1 is 0.318 bits per heavy atom. The van der Waals surface area contributed by atoms with Gasteiger partial charge < -0.3 is 0 Å². The van der Waals surface area contributed by atoms with Crippen molar-refractivity contribution >= 4 is 44.8 Å². The maximum atomic E-state index is 2.40. The van der Waals surface area contributed by atoms with Crippen LogP contribution in [0.15, 0.2) is 158 Å². The highest BCUT2D eigenvalue weighted by Gasteiger charge is 2.15. The van der Waals surface area contributed by atoms with Crippen LogP contribution in [0.4, 0.5) is 0 Å². The lowest BCUT2D eigenvalue weighted by molar-refractivity contribution is 1.45. The number of hydrogen-bond donors (Lipinski definition) is 0. The Hall–Kier alpha value is -5.46. The Morgan fingerprint density at radius 3 is 0.909 bits per heavy atom. The van der Waals surface area contributed by atoms with Crippen molar-refractivity contribution in [3.8, 4) is 0 Å². The van der Waals surface area contributed by atoms with Gasteiger partial charge in [-0.2, -0.15) is 0 Å². The first-order chi connectivity index (χ1) is 21.7. The van der Waals surface area contributed by atoms with Crippen molar-refractivity contribution in [1.82, 2.24) is 0 Å². The first-order valence-electron chi connectivity index (χ1n) is 15.3. The fraction of sp³-hybridized carbons (Fsp3) is 0.0455. The highest BCUT2D eigenvalue weighted by atomic mass is 14.2. The number of rotatable bonds is 6. The maximum absolute atomic E-state index is 2.40. The molecule has 44 heavy (non-hydrogen) atoms. The summed E-state index contributed by atoms with van der Waals surface area (Å²) in [6.45, 7) is 4.28. The molecule has 0 aliphatic carbocycles. The summed E-state index contributed by atoms with van der Waals surface area (Å²) >= 11 is 0. The van der Waals surface area contributed by atoms with Crippen LogP contribution in [-0.2, 0) is 0 Å². The fourth-order valence-corrected chi connectivity index (χ4v) is 6.16. The van der Waals surface area contributed by atoms with Crippen molar-refractivity contribution in [2.75, 3.05) is 0 Å². The predicted molar refractivity (Wildman–Crippen MR) is 191 cm³/mol. The Labute approximate surface area is 260 Å². The molecule has 0 aliphatic rings. The zero-order valence-electron chi connectivity index (χ0n) is 25.2. The summed E-state index contributed by atoms with van der Waals surface area (Å²) in [6, 6.07) is 57.0. The minimum Gasteiger partial charge on any atom is -0.0622 e. The number of hydrogen-bond acceptors (Lipinski definition) is 0. The molecule has 0 N–H and O–H groups in total. The molecule has 7 aromatic rings. The van der Waals surface area contributed by atoms with Crippen LogP contribution in [0.3, 0.4) is 0 Å². The normalized spacial score (nSPS) is 12.1. The highest BCUT2D eigenvalue weighted by Crippen LogP contribution is 2.39. The molecular formula is C44H34. The minimum absolute atomic E-state index is 1.21. The van der Waals surface area contributed by atoms with Crippen LogP contribution in [0.1, 0.15) is 44.5 Å². The third-order valence-electron chi connectivity index (χ3n) is 8.49. The predicted octanol–water partition coefficient (Wildman–Crippen LogP) is 11.8. The van der Waals surface area contributed by atoms with Crippen molar-refractivity contribution in [2.24, 2.45) is 0 Å². The van der Waals surface area contributed by atoms with Gasteiger partial charge in [-0.15, -0.1) is 0 Å². The monoisotopic (exact) mass is 562 g/mol. The molecule has 0 atom stereocenters. The average molecular weight is 563 g/mol. The Kier molecular flexibility index (Phi) is 7.49. The van der Waals surface area contributed by atoms with Crippen molar-refractivity contribution in [1.29, 1.82) is 0 Å². The molecule has 0 spiro atoms. The number of fused-ring (bicyclic) bond motifs is 2. The maximum Gasteiger partial charge on any atom is -0.00926 e. The largest absolute Gasteiger partial charge is 0.0622 e. The van der Waals surface area contributed by atoms with Gasteiger partial charge in [-0.25, -0.2) is 0 Å². The minimum atomic E-state index is 1.21. The van der Waals surface area contributed by atoms with Gasteiger partial charge in [0, 0.05) is 0 Å². The molecule has 0 amide bonds. The molecule has 0 bridgehead atoms. The quantitative estimate of drug-likeness (QED) is 0.140. The zero-order chi connectivity index (χ0) is 29.9. The van der Waals surface area contributed by atoms with Crippen molar-refractivity contribution in [2.45, 2.75) is 13.8 Å². The van der Waals surface area contributed by atoms with Crippen LogP contribution in [0, 0.1) is 13.8 Å². The van der Waals surface area contributed by atoms with Gasteiger partial charge >= 0.3 is 0 Å². The first kappa shape index (κ1) is 27.4. The van der Waals surface area contributed by atoms with Crippen LogP contribution in [0.5, 0.6) is 0 Å². The molecule has 0 radical (unpaired) electrons. The molecule has 7 rings (SSSR count). The molecule has 0 aromatic heterocycles. The Morgan fingerprint density at radius 2 is 0.591 bits per heavy atom. The van der Waals surface area contributed by atoms with E-state index in [0.29, 0.717) is 0 Å². The summed E-state index contributed by atoms with van der Waals surface area (Å²) < 4.78 is 0. The van der Waals surface area contributed by atoms with Gasteiger partial charge in [0.1, 0.15) is 0 Å². The lowest BCUT2D eigenvalue weighted by Gasteiger charge is -2.17. The van der Waals surface area contributed by atoms with E-state index in [9.17, 15) is 0 Å².